The standard InChI is InChI=1S/C6H12O3P/c1-3-6(7)10(8)5-9-4-2/h3-5H2,1-2H3/q+1. The SMILES string of the molecule is CCOC[P+](=O)C(=O)CC. The molecule has 1 atom stereocenters. The van der Waals surface area contributed by atoms with Crippen molar-refractivity contribution < 1.29 is 14.1 Å². The molecular formula is C6H12O3P+. The van der Waals surface area contributed by atoms with Gasteiger partial charge in [0.2, 0.25) is 0 Å². The summed E-state index contributed by atoms with van der Waals surface area (Å²) in [7, 11) is -1.76. The van der Waals surface area contributed by atoms with Crippen LogP contribution in [0.3, 0.4) is 0 Å². The first-order chi connectivity index (χ1) is 4.72. The highest BCUT2D eigenvalue weighted by Crippen LogP contribution is 2.22. The number of carbonyl (C=O) groups is 1. The number of carbonyl (C=O) groups excluding carboxylic acids is 1. The molecule has 0 saturated carbocycles. The van der Waals surface area contributed by atoms with Crippen LogP contribution in [0, 0.1) is 0 Å². The van der Waals surface area contributed by atoms with Crippen LogP contribution in [0.25, 0.3) is 0 Å². The Kier molecular flexibility index (Phi) is 5.36. The minimum atomic E-state index is -1.76. The van der Waals surface area contributed by atoms with Gasteiger partial charge in [-0.15, -0.1) is 0 Å². The van der Waals surface area contributed by atoms with Gasteiger partial charge in [0.05, 0.1) is 6.42 Å². The maximum Gasteiger partial charge on any atom is 0.442 e. The molecule has 58 valence electrons. The monoisotopic (exact) mass is 163 g/mol. The highest BCUT2D eigenvalue weighted by atomic mass is 31.1. The molecule has 0 aliphatic carbocycles. The molecule has 4 heteroatoms. The molecule has 0 N–H and O–H groups in total. The molecule has 10 heavy (non-hydrogen) atoms. The van der Waals surface area contributed by atoms with E-state index in [1.807, 2.05) is 0 Å². The van der Waals surface area contributed by atoms with Crippen LogP contribution in [-0.4, -0.2) is 18.5 Å². The zero-order valence-corrected chi connectivity index (χ0v) is 7.19. The molecule has 0 aliphatic rings. The van der Waals surface area contributed by atoms with Crippen molar-refractivity contribution in [1.82, 2.24) is 0 Å². The van der Waals surface area contributed by atoms with Crippen molar-refractivity contribution in [3.8, 4) is 0 Å². The van der Waals surface area contributed by atoms with Crippen molar-refractivity contribution in [2.45, 2.75) is 20.3 Å². The molecular weight excluding hydrogens is 151 g/mol. The van der Waals surface area contributed by atoms with Crippen LogP contribution in [0.1, 0.15) is 20.3 Å². The van der Waals surface area contributed by atoms with Crippen LogP contribution in [0.15, 0.2) is 0 Å². The summed E-state index contributed by atoms with van der Waals surface area (Å²) >= 11 is 0. The van der Waals surface area contributed by atoms with Gasteiger partial charge in [0.15, 0.2) is 0 Å². The molecule has 0 spiro atoms. The fourth-order valence-electron chi connectivity index (χ4n) is 0.423. The molecule has 0 rings (SSSR count). The lowest BCUT2D eigenvalue weighted by Crippen LogP contribution is -1.94. The van der Waals surface area contributed by atoms with Gasteiger partial charge in [-0.05, 0) is 6.92 Å². The van der Waals surface area contributed by atoms with Crippen LogP contribution in [0.5, 0.6) is 0 Å². The van der Waals surface area contributed by atoms with E-state index in [1.54, 1.807) is 13.8 Å². The summed E-state index contributed by atoms with van der Waals surface area (Å²) in [5, 5.41) is 0. The maximum absolute atomic E-state index is 10.8. The fraction of sp³-hybridized carbons (Fsp3) is 0.833. The Morgan fingerprint density at radius 2 is 2.10 bits per heavy atom. The van der Waals surface area contributed by atoms with E-state index in [-0.39, 0.29) is 11.9 Å². The van der Waals surface area contributed by atoms with E-state index in [0.29, 0.717) is 13.0 Å². The van der Waals surface area contributed by atoms with Gasteiger partial charge in [0, 0.05) is 6.61 Å². The summed E-state index contributed by atoms with van der Waals surface area (Å²) in [6.45, 7) is 4.01. The van der Waals surface area contributed by atoms with Crippen molar-refractivity contribution in [2.75, 3.05) is 13.0 Å². The van der Waals surface area contributed by atoms with E-state index in [9.17, 15) is 9.36 Å². The summed E-state index contributed by atoms with van der Waals surface area (Å²) in [6.07, 6.45) is 0.417. The molecule has 3 nitrogen and oxygen atoms in total. The average Bonchev–Trinajstić information content (AvgIpc) is 1.98. The van der Waals surface area contributed by atoms with Crippen LogP contribution < -0.4 is 0 Å². The Morgan fingerprint density at radius 3 is 2.50 bits per heavy atom. The minimum absolute atomic E-state index is 0.0819. The summed E-state index contributed by atoms with van der Waals surface area (Å²) in [4.78, 5) is 10.7. The van der Waals surface area contributed by atoms with E-state index in [4.69, 9.17) is 4.74 Å². The first-order valence-electron chi connectivity index (χ1n) is 3.27. The van der Waals surface area contributed by atoms with Crippen molar-refractivity contribution in [1.29, 1.82) is 0 Å². The average molecular weight is 163 g/mol. The highest BCUT2D eigenvalue weighted by Gasteiger charge is 2.24. The van der Waals surface area contributed by atoms with E-state index >= 15 is 0 Å². The highest BCUT2D eigenvalue weighted by molar-refractivity contribution is 7.63. The first kappa shape index (κ1) is 9.73. The van der Waals surface area contributed by atoms with Crippen molar-refractivity contribution in [3.05, 3.63) is 0 Å². The molecule has 0 aromatic carbocycles. The Bertz CT molecular complexity index is 133. The summed E-state index contributed by atoms with van der Waals surface area (Å²) in [5.74, 6) is 0. The fourth-order valence-corrected chi connectivity index (χ4v) is 1.27. The minimum Gasteiger partial charge on any atom is -0.337 e. The van der Waals surface area contributed by atoms with Gasteiger partial charge >= 0.3 is 13.3 Å². The zero-order chi connectivity index (χ0) is 7.98. The zero-order valence-electron chi connectivity index (χ0n) is 6.29. The van der Waals surface area contributed by atoms with Gasteiger partial charge in [-0.2, -0.15) is 0 Å². The van der Waals surface area contributed by atoms with E-state index in [2.05, 4.69) is 0 Å². The Balaban J connectivity index is 3.52. The molecule has 0 bridgehead atoms. The largest absolute Gasteiger partial charge is 0.442 e. The topological polar surface area (TPSA) is 43.4 Å². The molecule has 0 aromatic rings. The molecule has 0 saturated heterocycles. The quantitative estimate of drug-likeness (QED) is 0.580. The van der Waals surface area contributed by atoms with Gasteiger partial charge in [-0.3, -0.25) is 0 Å². The Morgan fingerprint density at radius 1 is 1.50 bits per heavy atom. The smallest absolute Gasteiger partial charge is 0.337 e. The third kappa shape index (κ3) is 3.70. The van der Waals surface area contributed by atoms with E-state index < -0.39 is 7.80 Å². The lowest BCUT2D eigenvalue weighted by molar-refractivity contribution is -0.111. The van der Waals surface area contributed by atoms with Crippen LogP contribution in [0.4, 0.5) is 0 Å². The van der Waals surface area contributed by atoms with Crippen molar-refractivity contribution in [3.63, 3.8) is 0 Å². The number of rotatable bonds is 5. The Hall–Kier alpha value is -0.270. The third-order valence-corrected chi connectivity index (χ3v) is 2.28. The third-order valence-electron chi connectivity index (χ3n) is 0.993. The second-order valence-electron chi connectivity index (χ2n) is 1.75. The van der Waals surface area contributed by atoms with Gasteiger partial charge < -0.3 is 4.74 Å². The predicted molar refractivity (Wildman–Crippen MR) is 39.4 cm³/mol. The first-order valence-corrected chi connectivity index (χ1v) is 4.72. The predicted octanol–water partition coefficient (Wildman–Crippen LogP) is 1.74. The second-order valence-corrected chi connectivity index (χ2v) is 3.26. The molecule has 0 aromatic heterocycles. The van der Waals surface area contributed by atoms with E-state index in [0.717, 1.165) is 0 Å². The summed E-state index contributed by atoms with van der Waals surface area (Å²) < 4.78 is 15.6. The molecule has 0 radical (unpaired) electrons. The lowest BCUT2D eigenvalue weighted by Gasteiger charge is -1.86. The van der Waals surface area contributed by atoms with Gasteiger partial charge in [0.25, 0.3) is 6.35 Å². The molecule has 0 aliphatic heterocycles. The van der Waals surface area contributed by atoms with Gasteiger partial charge in [-0.25, -0.2) is 4.79 Å². The second kappa shape index (κ2) is 5.51. The van der Waals surface area contributed by atoms with Crippen LogP contribution >= 0.6 is 7.80 Å². The Labute approximate surface area is 61.5 Å². The van der Waals surface area contributed by atoms with Crippen molar-refractivity contribution in [2.24, 2.45) is 0 Å². The number of ether oxygens (including phenoxy) is 1. The van der Waals surface area contributed by atoms with Gasteiger partial charge in [0.1, 0.15) is 0 Å². The normalized spacial score (nSPS) is 11.2. The molecule has 0 fully saturated rings. The van der Waals surface area contributed by atoms with E-state index in [1.165, 1.54) is 0 Å². The van der Waals surface area contributed by atoms with Crippen LogP contribution in [-0.2, 0) is 14.1 Å². The summed E-state index contributed by atoms with van der Waals surface area (Å²) in [5.41, 5.74) is -0.205. The van der Waals surface area contributed by atoms with Crippen molar-refractivity contribution >= 4 is 13.3 Å². The number of hydrogen-bond acceptors (Lipinski definition) is 3. The van der Waals surface area contributed by atoms with Gasteiger partial charge in [-0.1, -0.05) is 11.5 Å². The maximum atomic E-state index is 10.8. The lowest BCUT2D eigenvalue weighted by atomic mass is 10.6. The van der Waals surface area contributed by atoms with Crippen LogP contribution in [0.2, 0.25) is 0 Å². The molecule has 1 unspecified atom stereocenters. The number of hydrogen-bond donors (Lipinski definition) is 0. The summed E-state index contributed by atoms with van der Waals surface area (Å²) in [6, 6.07) is 0. The molecule has 0 amide bonds. The molecule has 0 heterocycles.